The van der Waals surface area contributed by atoms with Gasteiger partial charge < -0.3 is 4.98 Å². The molecule has 1 aliphatic carbocycles. The van der Waals surface area contributed by atoms with Gasteiger partial charge in [-0.05, 0) is 55.2 Å². The summed E-state index contributed by atoms with van der Waals surface area (Å²) in [5.41, 5.74) is 5.48. The lowest BCUT2D eigenvalue weighted by Crippen LogP contribution is -1.96. The van der Waals surface area contributed by atoms with Crippen LogP contribution in [0.3, 0.4) is 0 Å². The molecule has 2 aromatic carbocycles. The minimum Gasteiger partial charge on any atom is -0.340 e. The fraction of sp³-hybridized carbons (Fsp3) is 0.200. The minimum atomic E-state index is -0.575. The van der Waals surface area contributed by atoms with E-state index in [1.807, 2.05) is 35.1 Å². The lowest BCUT2D eigenvalue weighted by molar-refractivity contribution is 0.579. The molecule has 0 atom stereocenters. The van der Waals surface area contributed by atoms with Crippen LogP contribution in [0, 0.1) is 11.6 Å². The molecule has 1 saturated carbocycles. The number of nitrogens with one attached hydrogen (secondary N) is 1. The molecule has 0 bridgehead atoms. The third-order valence-corrected chi connectivity index (χ3v) is 5.85. The van der Waals surface area contributed by atoms with Crippen LogP contribution in [0.15, 0.2) is 61.1 Å². The van der Waals surface area contributed by atoms with Gasteiger partial charge in [-0.25, -0.2) is 13.8 Å². The number of aryl methyl sites for hydroxylation is 2. The second-order valence-electron chi connectivity index (χ2n) is 8.36. The Balaban J connectivity index is 1.38. The Kier molecular flexibility index (Phi) is 4.71. The molecule has 1 fully saturated rings. The molecule has 3 aromatic heterocycles. The van der Waals surface area contributed by atoms with Crippen LogP contribution in [0.5, 0.6) is 0 Å². The van der Waals surface area contributed by atoms with E-state index in [4.69, 9.17) is 10.1 Å². The maximum atomic E-state index is 13.6. The number of benzene rings is 2. The van der Waals surface area contributed by atoms with Gasteiger partial charge in [-0.2, -0.15) is 5.10 Å². The van der Waals surface area contributed by atoms with Crippen molar-refractivity contribution >= 4 is 11.0 Å². The van der Waals surface area contributed by atoms with E-state index in [1.165, 1.54) is 12.1 Å². The lowest BCUT2D eigenvalue weighted by Gasteiger charge is -2.03. The zero-order valence-electron chi connectivity index (χ0n) is 17.7. The summed E-state index contributed by atoms with van der Waals surface area (Å²) in [5.74, 6) is -0.424. The van der Waals surface area contributed by atoms with Crippen LogP contribution in [0.25, 0.3) is 33.7 Å². The number of aromatic amines is 1. The molecule has 0 aliphatic heterocycles. The molecule has 8 heteroatoms. The Bertz CT molecular complexity index is 1450. The van der Waals surface area contributed by atoms with Gasteiger partial charge in [0.05, 0.1) is 28.5 Å². The van der Waals surface area contributed by atoms with Gasteiger partial charge in [0.1, 0.15) is 23.2 Å². The van der Waals surface area contributed by atoms with E-state index < -0.39 is 11.6 Å². The first-order chi connectivity index (χ1) is 16.1. The first kappa shape index (κ1) is 19.7. The summed E-state index contributed by atoms with van der Waals surface area (Å²) < 4.78 is 29.2. The summed E-state index contributed by atoms with van der Waals surface area (Å²) in [7, 11) is 0. The zero-order chi connectivity index (χ0) is 22.4. The molecule has 164 valence electrons. The standard InChI is InChI=1S/C25H20F2N6/c26-17-11-15(12-18(27)14-17)1-6-23-30-24(16-2-5-20-22(13-16)29-9-8-28-20)25(31-23)21-7-10-33(32-21)19-3-4-19/h2,5,7-14,19H,1,3-4,6H2,(H,30,31). The maximum absolute atomic E-state index is 13.6. The smallest absolute Gasteiger partial charge is 0.126 e. The SMILES string of the molecule is Fc1cc(F)cc(CCc2nc(-c3ccc4nccnc4c3)c(-c3ccn(C4CC4)n3)[nH]2)c1. The molecule has 33 heavy (non-hydrogen) atoms. The zero-order valence-corrected chi connectivity index (χ0v) is 17.7. The van der Waals surface area contributed by atoms with Gasteiger partial charge in [-0.3, -0.25) is 14.6 Å². The summed E-state index contributed by atoms with van der Waals surface area (Å²) in [6, 6.07) is 11.9. The van der Waals surface area contributed by atoms with Crippen molar-refractivity contribution in [1.29, 1.82) is 0 Å². The number of halogens is 2. The predicted molar refractivity (Wildman–Crippen MR) is 120 cm³/mol. The van der Waals surface area contributed by atoms with Crippen molar-refractivity contribution in [1.82, 2.24) is 29.7 Å². The quantitative estimate of drug-likeness (QED) is 0.388. The van der Waals surface area contributed by atoms with Crippen LogP contribution in [-0.2, 0) is 12.8 Å². The van der Waals surface area contributed by atoms with E-state index in [-0.39, 0.29) is 0 Å². The summed E-state index contributed by atoms with van der Waals surface area (Å²) in [5, 5.41) is 4.76. The number of hydrogen-bond acceptors (Lipinski definition) is 4. The Morgan fingerprint density at radius 2 is 1.70 bits per heavy atom. The first-order valence-corrected chi connectivity index (χ1v) is 10.9. The fourth-order valence-electron chi connectivity index (χ4n) is 4.08. The van der Waals surface area contributed by atoms with Crippen molar-refractivity contribution in [2.45, 2.75) is 31.7 Å². The Labute approximate surface area is 188 Å². The van der Waals surface area contributed by atoms with Crippen molar-refractivity contribution in [2.75, 3.05) is 0 Å². The number of rotatable bonds is 6. The van der Waals surface area contributed by atoms with Crippen LogP contribution in [0.1, 0.15) is 30.3 Å². The van der Waals surface area contributed by atoms with Crippen molar-refractivity contribution in [3.63, 3.8) is 0 Å². The number of hydrogen-bond donors (Lipinski definition) is 1. The number of imidazole rings is 1. The second kappa shape index (κ2) is 7.88. The number of fused-ring (bicyclic) bond motifs is 1. The van der Waals surface area contributed by atoms with Gasteiger partial charge in [-0.1, -0.05) is 6.07 Å². The van der Waals surface area contributed by atoms with E-state index in [9.17, 15) is 8.78 Å². The normalized spacial score (nSPS) is 13.6. The molecule has 1 N–H and O–H groups in total. The third kappa shape index (κ3) is 4.00. The molecule has 6 rings (SSSR count). The second-order valence-corrected chi connectivity index (χ2v) is 8.36. The van der Waals surface area contributed by atoms with E-state index in [0.717, 1.165) is 58.4 Å². The fourth-order valence-corrected chi connectivity index (χ4v) is 4.08. The largest absolute Gasteiger partial charge is 0.340 e. The monoisotopic (exact) mass is 442 g/mol. The minimum absolute atomic E-state index is 0.459. The van der Waals surface area contributed by atoms with Gasteiger partial charge in [0, 0.05) is 36.6 Å². The van der Waals surface area contributed by atoms with Crippen molar-refractivity contribution in [3.8, 4) is 22.6 Å². The average molecular weight is 442 g/mol. The van der Waals surface area contributed by atoms with Crippen LogP contribution in [-0.4, -0.2) is 29.7 Å². The molecular formula is C25H20F2N6. The average Bonchev–Trinajstić information content (AvgIpc) is 3.38. The summed E-state index contributed by atoms with van der Waals surface area (Å²) in [6.45, 7) is 0. The van der Waals surface area contributed by atoms with E-state index in [2.05, 4.69) is 15.0 Å². The van der Waals surface area contributed by atoms with Gasteiger partial charge in [-0.15, -0.1) is 0 Å². The highest BCUT2D eigenvalue weighted by atomic mass is 19.1. The highest BCUT2D eigenvalue weighted by molar-refractivity contribution is 5.84. The third-order valence-electron chi connectivity index (χ3n) is 5.85. The molecule has 0 radical (unpaired) electrons. The topological polar surface area (TPSA) is 72.3 Å². The van der Waals surface area contributed by atoms with Gasteiger partial charge in [0.25, 0.3) is 0 Å². The van der Waals surface area contributed by atoms with E-state index in [0.29, 0.717) is 24.4 Å². The molecule has 6 nitrogen and oxygen atoms in total. The van der Waals surface area contributed by atoms with Crippen LogP contribution in [0.4, 0.5) is 8.78 Å². The number of aromatic nitrogens is 6. The Morgan fingerprint density at radius 3 is 2.48 bits per heavy atom. The predicted octanol–water partition coefficient (Wildman–Crippen LogP) is 5.28. The Hall–Kier alpha value is -3.94. The molecule has 1 aliphatic rings. The summed E-state index contributed by atoms with van der Waals surface area (Å²) in [6.07, 6.45) is 8.59. The highest BCUT2D eigenvalue weighted by Gasteiger charge is 2.25. The van der Waals surface area contributed by atoms with Crippen LogP contribution < -0.4 is 0 Å². The lowest BCUT2D eigenvalue weighted by atomic mass is 10.1. The molecule has 0 saturated heterocycles. The van der Waals surface area contributed by atoms with Crippen LogP contribution >= 0.6 is 0 Å². The molecular weight excluding hydrogens is 422 g/mol. The van der Waals surface area contributed by atoms with E-state index in [1.54, 1.807) is 12.4 Å². The van der Waals surface area contributed by atoms with Crippen LogP contribution in [0.2, 0.25) is 0 Å². The highest BCUT2D eigenvalue weighted by Crippen LogP contribution is 2.36. The first-order valence-electron chi connectivity index (χ1n) is 10.9. The number of nitrogens with zero attached hydrogens (tertiary/aromatic N) is 5. The summed E-state index contributed by atoms with van der Waals surface area (Å²) >= 11 is 0. The molecule has 5 aromatic rings. The molecule has 0 unspecified atom stereocenters. The molecule has 0 amide bonds. The molecule has 3 heterocycles. The Morgan fingerprint density at radius 1 is 0.909 bits per heavy atom. The van der Waals surface area contributed by atoms with Crippen molar-refractivity contribution < 1.29 is 8.78 Å². The molecule has 0 spiro atoms. The number of H-pyrrole nitrogens is 1. The van der Waals surface area contributed by atoms with E-state index >= 15 is 0 Å². The van der Waals surface area contributed by atoms with Crippen molar-refractivity contribution in [2.24, 2.45) is 0 Å². The summed E-state index contributed by atoms with van der Waals surface area (Å²) in [4.78, 5) is 17.0. The van der Waals surface area contributed by atoms with Gasteiger partial charge in [0.15, 0.2) is 0 Å². The maximum Gasteiger partial charge on any atom is 0.126 e. The van der Waals surface area contributed by atoms with Crippen molar-refractivity contribution in [3.05, 3.63) is 84.1 Å². The van der Waals surface area contributed by atoms with Gasteiger partial charge >= 0.3 is 0 Å². The van der Waals surface area contributed by atoms with Gasteiger partial charge in [0.2, 0.25) is 0 Å².